The number of H-pyrrole nitrogens is 2. The minimum atomic E-state index is 0.295. The van der Waals surface area contributed by atoms with Crippen molar-refractivity contribution in [2.75, 3.05) is 0 Å². The fourth-order valence-electron chi connectivity index (χ4n) is 9.86. The molecule has 0 aliphatic carbocycles. The number of aromatic amines is 2. The Balaban J connectivity index is 1.43. The van der Waals surface area contributed by atoms with Gasteiger partial charge in [-0.05, 0) is 38.9 Å². The highest BCUT2D eigenvalue weighted by molar-refractivity contribution is 6.55. The van der Waals surface area contributed by atoms with Gasteiger partial charge in [0.25, 0.3) is 0 Å². The first-order chi connectivity index (χ1) is 34.9. The highest BCUT2D eigenvalue weighted by Crippen LogP contribution is 2.53. The zero-order valence-corrected chi connectivity index (χ0v) is 41.3. The molecule has 8 bridgehead atoms. The van der Waals surface area contributed by atoms with E-state index in [0.29, 0.717) is 86.7 Å². The second-order valence-corrected chi connectivity index (χ2v) is 19.0. The monoisotopic (exact) mass is 1010 g/mol. The summed E-state index contributed by atoms with van der Waals surface area (Å²) in [5, 5.41) is 1.63. The summed E-state index contributed by atoms with van der Waals surface area (Å²) in [5.74, 6) is 0. The summed E-state index contributed by atoms with van der Waals surface area (Å²) in [6.45, 7) is 0. The van der Waals surface area contributed by atoms with E-state index in [-0.39, 0.29) is 0 Å². The van der Waals surface area contributed by atoms with Crippen LogP contribution in [0.3, 0.4) is 0 Å². The summed E-state index contributed by atoms with van der Waals surface area (Å²) in [4.78, 5) is 19.2. The number of fused-ring (bicyclic) bond motifs is 8. The summed E-state index contributed by atoms with van der Waals surface area (Å²) in [7, 11) is 0. The van der Waals surface area contributed by atoms with Crippen molar-refractivity contribution in [2.24, 2.45) is 0 Å². The van der Waals surface area contributed by atoms with Crippen LogP contribution in [0.2, 0.25) is 20.1 Å². The second-order valence-electron chi connectivity index (χ2n) is 17.1. The molecule has 2 aliphatic heterocycles. The topological polar surface area (TPSA) is 57.4 Å². The first-order valence-electron chi connectivity index (χ1n) is 23.0. The smallest absolute Gasteiger partial charge is 0.0930 e. The van der Waals surface area contributed by atoms with Gasteiger partial charge in [-0.2, -0.15) is 0 Å². The first-order valence-corrected chi connectivity index (χ1v) is 24.9. The number of nitrogens with zero attached hydrogens (tertiary/aromatic N) is 2. The SMILES string of the molecule is ClC1=C(c2ccccc2)c2nc1c(-c1ccccc1)c1[nH]c(c(Cl)c1Cl)c(-c1ccccc1)c1nc(c(-c3ccccc3)c3[nH]c(c(Cl)c3Cl)c2-c2ccccc2)C(c2ccccc2)=C1c1ccccc1. The number of halogens is 5. The van der Waals surface area contributed by atoms with Crippen molar-refractivity contribution in [3.8, 4) is 44.5 Å². The molecule has 9 heteroatoms. The fourth-order valence-corrected chi connectivity index (χ4v) is 11.1. The second kappa shape index (κ2) is 18.7. The molecule has 7 aromatic carbocycles. The van der Waals surface area contributed by atoms with Gasteiger partial charge >= 0.3 is 0 Å². The molecule has 3 aromatic heterocycles. The van der Waals surface area contributed by atoms with Crippen LogP contribution >= 0.6 is 58.0 Å². The van der Waals surface area contributed by atoms with Crippen LogP contribution in [-0.2, 0) is 0 Å². The van der Waals surface area contributed by atoms with Gasteiger partial charge in [0.2, 0.25) is 0 Å². The van der Waals surface area contributed by atoms with Gasteiger partial charge in [-0.1, -0.05) is 270 Å². The minimum absolute atomic E-state index is 0.295. The lowest BCUT2D eigenvalue weighted by Gasteiger charge is -2.14. The molecule has 2 aliphatic rings. The van der Waals surface area contributed by atoms with Crippen molar-refractivity contribution >= 4 is 102 Å². The zero-order valence-electron chi connectivity index (χ0n) is 37.5. The molecule has 0 spiro atoms. The number of hydrogen-bond acceptors (Lipinski definition) is 2. The Kier molecular flexibility index (Phi) is 11.8. The summed E-state index contributed by atoms with van der Waals surface area (Å²) < 4.78 is 0. The van der Waals surface area contributed by atoms with E-state index in [4.69, 9.17) is 68.0 Å². The summed E-state index contributed by atoms with van der Waals surface area (Å²) >= 11 is 38.8. The van der Waals surface area contributed by atoms with E-state index in [2.05, 4.69) is 58.5 Å². The van der Waals surface area contributed by atoms with Crippen molar-refractivity contribution < 1.29 is 0 Å². The Labute approximate surface area is 435 Å². The molecule has 0 amide bonds. The maximum atomic E-state index is 7.90. The molecule has 10 aromatic rings. The molecule has 12 rings (SSSR count). The molecule has 5 heterocycles. The van der Waals surface area contributed by atoms with E-state index in [1.54, 1.807) is 0 Å². The summed E-state index contributed by atoms with van der Waals surface area (Å²) in [6, 6.07) is 71.0. The standard InChI is InChI=1S/C62H37Cl5N4/c63-50-45(38-26-12-3-13-27-38)57-48(41-32-18-6-19-33-41)61-52(65)51(64)59(70-61)46(39-28-14-4-15-29-39)55-43(36-22-8-1-9-23-36)44(37-24-10-2-11-25-37)56(68-55)47(40-30-16-5-17-31-40)60-53(66)54(67)62(71-60)49(58(50)69-57)42-34-20-7-21-35-42/h1-35,70-71H. The third-order valence-corrected chi connectivity index (χ3v) is 15.1. The van der Waals surface area contributed by atoms with Crippen LogP contribution < -0.4 is 0 Å². The van der Waals surface area contributed by atoms with Crippen LogP contribution in [0.15, 0.2) is 212 Å². The highest BCUT2D eigenvalue weighted by Gasteiger charge is 2.34. The number of benzene rings is 7. The Morgan fingerprint density at radius 1 is 0.239 bits per heavy atom. The van der Waals surface area contributed by atoms with Crippen molar-refractivity contribution in [2.45, 2.75) is 0 Å². The van der Waals surface area contributed by atoms with Gasteiger partial charge in [-0.25, -0.2) is 9.97 Å². The molecular formula is C62H37Cl5N4. The number of hydrogen-bond donors (Lipinski definition) is 2. The zero-order chi connectivity index (χ0) is 48.2. The first kappa shape index (κ1) is 44.8. The van der Waals surface area contributed by atoms with Crippen LogP contribution in [0.5, 0.6) is 0 Å². The van der Waals surface area contributed by atoms with Gasteiger partial charge in [-0.15, -0.1) is 0 Å². The molecule has 0 atom stereocenters. The van der Waals surface area contributed by atoms with Crippen LogP contribution in [0.4, 0.5) is 0 Å². The maximum Gasteiger partial charge on any atom is 0.0930 e. The van der Waals surface area contributed by atoms with Crippen molar-refractivity contribution in [3.05, 3.63) is 272 Å². The van der Waals surface area contributed by atoms with Crippen LogP contribution in [0.1, 0.15) is 39.5 Å². The average molecular weight is 1020 g/mol. The fraction of sp³-hybridized carbons (Fsp3) is 0. The van der Waals surface area contributed by atoms with Gasteiger partial charge in [0, 0.05) is 39.0 Å². The predicted octanol–water partition coefficient (Wildman–Crippen LogP) is 18.8. The Hall–Kier alpha value is -7.41. The molecular weight excluding hydrogens is 978 g/mol. The molecule has 4 nitrogen and oxygen atoms in total. The summed E-state index contributed by atoms with van der Waals surface area (Å²) in [5.41, 5.74) is 15.9. The van der Waals surface area contributed by atoms with E-state index in [0.717, 1.165) is 61.2 Å². The third kappa shape index (κ3) is 7.71. The molecule has 0 unspecified atom stereocenters. The quantitative estimate of drug-likeness (QED) is 0.167. The summed E-state index contributed by atoms with van der Waals surface area (Å²) in [6.07, 6.45) is 0. The van der Waals surface area contributed by atoms with E-state index in [9.17, 15) is 0 Å². The largest absolute Gasteiger partial charge is 0.352 e. The number of aromatic nitrogens is 4. The highest BCUT2D eigenvalue weighted by atomic mass is 35.5. The van der Waals surface area contributed by atoms with Gasteiger partial charge in [0.05, 0.1) is 70.0 Å². The third-order valence-electron chi connectivity index (χ3n) is 13.0. The van der Waals surface area contributed by atoms with E-state index in [1.807, 2.05) is 164 Å². The average Bonchev–Trinajstić information content (AvgIpc) is 4.14. The predicted molar refractivity (Wildman–Crippen MR) is 299 cm³/mol. The molecule has 340 valence electrons. The lowest BCUT2D eigenvalue weighted by molar-refractivity contribution is 1.29. The number of nitrogens with one attached hydrogen (secondary N) is 2. The van der Waals surface area contributed by atoms with E-state index in [1.165, 1.54) is 0 Å². The molecule has 0 saturated heterocycles. The number of rotatable bonds is 7. The molecule has 0 saturated carbocycles. The Morgan fingerprint density at radius 3 is 0.732 bits per heavy atom. The van der Waals surface area contributed by atoms with Crippen molar-refractivity contribution in [1.82, 2.24) is 19.9 Å². The van der Waals surface area contributed by atoms with E-state index < -0.39 is 0 Å². The lowest BCUT2D eigenvalue weighted by atomic mass is 9.88. The van der Waals surface area contributed by atoms with Crippen molar-refractivity contribution in [3.63, 3.8) is 0 Å². The van der Waals surface area contributed by atoms with Gasteiger partial charge in [-0.3, -0.25) is 0 Å². The minimum Gasteiger partial charge on any atom is -0.352 e. The van der Waals surface area contributed by atoms with Gasteiger partial charge in [0.1, 0.15) is 0 Å². The Bertz CT molecular complexity index is 3930. The van der Waals surface area contributed by atoms with Crippen LogP contribution in [-0.4, -0.2) is 19.9 Å². The van der Waals surface area contributed by atoms with Crippen LogP contribution in [0.25, 0.3) is 88.3 Å². The molecule has 0 fully saturated rings. The molecule has 71 heavy (non-hydrogen) atoms. The van der Waals surface area contributed by atoms with Crippen LogP contribution in [0, 0.1) is 0 Å². The molecule has 2 N–H and O–H groups in total. The normalized spacial score (nSPS) is 12.5. The van der Waals surface area contributed by atoms with E-state index >= 15 is 0 Å². The Morgan fingerprint density at radius 2 is 0.451 bits per heavy atom. The lowest BCUT2D eigenvalue weighted by Crippen LogP contribution is -1.94. The van der Waals surface area contributed by atoms with Crippen molar-refractivity contribution in [1.29, 1.82) is 0 Å². The van der Waals surface area contributed by atoms with Gasteiger partial charge in [0.15, 0.2) is 0 Å². The maximum absolute atomic E-state index is 7.90. The van der Waals surface area contributed by atoms with Gasteiger partial charge < -0.3 is 9.97 Å². The molecule has 0 radical (unpaired) electrons.